The van der Waals surface area contributed by atoms with Crippen LogP contribution in [-0.2, 0) is 11.3 Å². The lowest BCUT2D eigenvalue weighted by Gasteiger charge is -2.16. The molecule has 0 spiro atoms. The van der Waals surface area contributed by atoms with Gasteiger partial charge in [0.2, 0.25) is 5.91 Å². The Morgan fingerprint density at radius 1 is 1.11 bits per heavy atom. The van der Waals surface area contributed by atoms with Crippen LogP contribution in [0.25, 0.3) is 11.3 Å². The summed E-state index contributed by atoms with van der Waals surface area (Å²) in [6, 6.07) is 17.4. The van der Waals surface area contributed by atoms with Gasteiger partial charge in [-0.15, -0.1) is 0 Å². The van der Waals surface area contributed by atoms with Crippen LogP contribution in [0, 0.1) is 0 Å². The van der Waals surface area contributed by atoms with Crippen LogP contribution >= 0.6 is 0 Å². The van der Waals surface area contributed by atoms with Crippen molar-refractivity contribution in [2.45, 2.75) is 19.4 Å². The third-order valence-corrected chi connectivity index (χ3v) is 4.72. The van der Waals surface area contributed by atoms with Crippen LogP contribution in [0.15, 0.2) is 60.8 Å². The fraction of sp³-hybridized carbons (Fsp3) is 0.190. The van der Waals surface area contributed by atoms with Gasteiger partial charge in [0.1, 0.15) is 0 Å². The molecular weight excluding hydrogens is 340 g/mol. The number of amides is 2. The van der Waals surface area contributed by atoms with Gasteiger partial charge in [-0.2, -0.15) is 5.10 Å². The highest BCUT2D eigenvalue weighted by molar-refractivity contribution is 5.99. The third kappa shape index (κ3) is 3.60. The number of nitrogens with one attached hydrogen (secondary N) is 2. The molecule has 6 nitrogen and oxygen atoms in total. The number of aromatic nitrogens is 2. The first kappa shape index (κ1) is 17.0. The Kier molecular flexibility index (Phi) is 4.70. The van der Waals surface area contributed by atoms with Crippen LogP contribution in [0.2, 0.25) is 0 Å². The standard InChI is InChI=1S/C21H20N4O2/c26-19-7-4-12-25(19)17-10-8-15(9-11-17)13-22-21(27)18-14-23-24-20(18)16-5-2-1-3-6-16/h1-3,5-6,8-11,14H,4,7,12-13H2,(H,22,27)(H,23,24). The second kappa shape index (κ2) is 7.45. The molecule has 0 saturated carbocycles. The van der Waals surface area contributed by atoms with Crippen molar-refractivity contribution < 1.29 is 9.59 Å². The lowest BCUT2D eigenvalue weighted by molar-refractivity contribution is -0.117. The molecule has 2 heterocycles. The molecule has 1 aromatic heterocycles. The minimum atomic E-state index is -0.179. The van der Waals surface area contributed by atoms with Gasteiger partial charge < -0.3 is 10.2 Å². The minimum Gasteiger partial charge on any atom is -0.348 e. The van der Waals surface area contributed by atoms with Crippen molar-refractivity contribution in [2.24, 2.45) is 0 Å². The van der Waals surface area contributed by atoms with Crippen LogP contribution < -0.4 is 10.2 Å². The minimum absolute atomic E-state index is 0.171. The molecule has 0 unspecified atom stereocenters. The van der Waals surface area contributed by atoms with E-state index in [1.165, 1.54) is 0 Å². The van der Waals surface area contributed by atoms with E-state index in [4.69, 9.17) is 0 Å². The fourth-order valence-electron chi connectivity index (χ4n) is 3.28. The number of carbonyl (C=O) groups excluding carboxylic acids is 2. The summed E-state index contributed by atoms with van der Waals surface area (Å²) in [5.74, 6) is -0.00847. The molecule has 4 rings (SSSR count). The smallest absolute Gasteiger partial charge is 0.255 e. The second-order valence-corrected chi connectivity index (χ2v) is 6.52. The molecule has 1 aliphatic heterocycles. The lowest BCUT2D eigenvalue weighted by Crippen LogP contribution is -2.24. The summed E-state index contributed by atoms with van der Waals surface area (Å²) >= 11 is 0. The molecular formula is C21H20N4O2. The van der Waals surface area contributed by atoms with Gasteiger partial charge in [0.25, 0.3) is 5.91 Å². The second-order valence-electron chi connectivity index (χ2n) is 6.52. The summed E-state index contributed by atoms with van der Waals surface area (Å²) in [7, 11) is 0. The van der Waals surface area contributed by atoms with Crippen molar-refractivity contribution >= 4 is 17.5 Å². The first-order valence-corrected chi connectivity index (χ1v) is 8.98. The van der Waals surface area contributed by atoms with Gasteiger partial charge in [0.15, 0.2) is 0 Å². The van der Waals surface area contributed by atoms with Crippen molar-refractivity contribution in [3.8, 4) is 11.3 Å². The number of carbonyl (C=O) groups is 2. The summed E-state index contributed by atoms with van der Waals surface area (Å²) in [4.78, 5) is 26.2. The van der Waals surface area contributed by atoms with E-state index >= 15 is 0 Å². The molecule has 2 aromatic carbocycles. The zero-order valence-electron chi connectivity index (χ0n) is 14.8. The largest absolute Gasteiger partial charge is 0.348 e. The van der Waals surface area contributed by atoms with E-state index in [0.717, 1.165) is 29.8 Å². The number of nitrogens with zero attached hydrogens (tertiary/aromatic N) is 2. The zero-order chi connectivity index (χ0) is 18.6. The Bertz CT molecular complexity index is 948. The van der Waals surface area contributed by atoms with Gasteiger partial charge >= 0.3 is 0 Å². The van der Waals surface area contributed by atoms with Crippen LogP contribution in [0.5, 0.6) is 0 Å². The molecule has 0 radical (unpaired) electrons. The van der Waals surface area contributed by atoms with Crippen LogP contribution in [0.1, 0.15) is 28.8 Å². The molecule has 0 aliphatic carbocycles. The number of H-pyrrole nitrogens is 1. The first-order valence-electron chi connectivity index (χ1n) is 8.98. The Hall–Kier alpha value is -3.41. The SMILES string of the molecule is O=C(NCc1ccc(N2CCCC2=O)cc1)c1cn[nH]c1-c1ccccc1. The van der Waals surface area contributed by atoms with E-state index in [1.54, 1.807) is 11.1 Å². The molecule has 136 valence electrons. The van der Waals surface area contributed by atoms with Crippen molar-refractivity contribution in [3.05, 3.63) is 71.9 Å². The Morgan fingerprint density at radius 3 is 2.59 bits per heavy atom. The molecule has 0 bridgehead atoms. The molecule has 1 aliphatic rings. The van der Waals surface area contributed by atoms with Gasteiger partial charge in [-0.3, -0.25) is 14.7 Å². The third-order valence-electron chi connectivity index (χ3n) is 4.72. The van der Waals surface area contributed by atoms with Gasteiger partial charge in [0.05, 0.1) is 17.5 Å². The van der Waals surface area contributed by atoms with E-state index in [2.05, 4.69) is 15.5 Å². The van der Waals surface area contributed by atoms with E-state index in [1.807, 2.05) is 54.6 Å². The summed E-state index contributed by atoms with van der Waals surface area (Å²) in [5, 5.41) is 9.84. The van der Waals surface area contributed by atoms with E-state index in [-0.39, 0.29) is 11.8 Å². The normalized spacial score (nSPS) is 13.8. The van der Waals surface area contributed by atoms with Crippen LogP contribution in [-0.4, -0.2) is 28.6 Å². The zero-order valence-corrected chi connectivity index (χ0v) is 14.8. The lowest BCUT2D eigenvalue weighted by atomic mass is 10.1. The quantitative estimate of drug-likeness (QED) is 0.734. The number of hydrogen-bond acceptors (Lipinski definition) is 3. The predicted molar refractivity (Wildman–Crippen MR) is 103 cm³/mol. The molecule has 6 heteroatoms. The van der Waals surface area contributed by atoms with Gasteiger partial charge in [-0.25, -0.2) is 0 Å². The first-order chi connectivity index (χ1) is 13.2. The number of hydrogen-bond donors (Lipinski definition) is 2. The molecule has 27 heavy (non-hydrogen) atoms. The van der Waals surface area contributed by atoms with Gasteiger partial charge in [-0.05, 0) is 24.1 Å². The van der Waals surface area contributed by atoms with Crippen molar-refractivity contribution in [1.82, 2.24) is 15.5 Å². The van der Waals surface area contributed by atoms with Crippen molar-refractivity contribution in [1.29, 1.82) is 0 Å². The van der Waals surface area contributed by atoms with Crippen LogP contribution in [0.4, 0.5) is 5.69 Å². The molecule has 3 aromatic rings. The highest BCUT2D eigenvalue weighted by Crippen LogP contribution is 2.22. The van der Waals surface area contributed by atoms with E-state index < -0.39 is 0 Å². The van der Waals surface area contributed by atoms with E-state index in [0.29, 0.717) is 24.2 Å². The van der Waals surface area contributed by atoms with Gasteiger partial charge in [0, 0.05) is 30.8 Å². The summed E-state index contributed by atoms with van der Waals surface area (Å²) in [5.41, 5.74) is 4.02. The van der Waals surface area contributed by atoms with Crippen LogP contribution in [0.3, 0.4) is 0 Å². The number of rotatable bonds is 5. The maximum Gasteiger partial charge on any atom is 0.255 e. The molecule has 1 fully saturated rings. The highest BCUT2D eigenvalue weighted by Gasteiger charge is 2.21. The number of aromatic amines is 1. The Balaban J connectivity index is 1.42. The number of anilines is 1. The van der Waals surface area contributed by atoms with Crippen molar-refractivity contribution in [2.75, 3.05) is 11.4 Å². The molecule has 2 amide bonds. The average molecular weight is 360 g/mol. The fourth-order valence-corrected chi connectivity index (χ4v) is 3.28. The maximum absolute atomic E-state index is 12.6. The summed E-state index contributed by atoms with van der Waals surface area (Å²) in [6.07, 6.45) is 3.07. The highest BCUT2D eigenvalue weighted by atomic mass is 16.2. The maximum atomic E-state index is 12.6. The predicted octanol–water partition coefficient (Wildman–Crippen LogP) is 3.13. The topological polar surface area (TPSA) is 78.1 Å². The summed E-state index contributed by atoms with van der Waals surface area (Å²) < 4.78 is 0. The molecule has 1 saturated heterocycles. The molecule has 0 atom stereocenters. The molecule has 2 N–H and O–H groups in total. The Labute approximate surface area is 157 Å². The average Bonchev–Trinajstić information content (AvgIpc) is 3.36. The number of benzene rings is 2. The monoisotopic (exact) mass is 360 g/mol. The Morgan fingerprint density at radius 2 is 1.89 bits per heavy atom. The van der Waals surface area contributed by atoms with E-state index in [9.17, 15) is 9.59 Å². The summed E-state index contributed by atoms with van der Waals surface area (Å²) in [6.45, 7) is 1.18. The van der Waals surface area contributed by atoms with Crippen molar-refractivity contribution in [3.63, 3.8) is 0 Å². The van der Waals surface area contributed by atoms with Gasteiger partial charge in [-0.1, -0.05) is 42.5 Å².